The molecule has 0 aliphatic carbocycles. The maximum Gasteiger partial charge on any atom is 0.303 e. The zero-order valence-electron chi connectivity index (χ0n) is 12.7. The summed E-state index contributed by atoms with van der Waals surface area (Å²) in [5.74, 6) is -0.990. The Labute approximate surface area is 132 Å². The Morgan fingerprint density at radius 2 is 2.09 bits per heavy atom. The van der Waals surface area contributed by atoms with Gasteiger partial charge in [0, 0.05) is 12.0 Å². The van der Waals surface area contributed by atoms with Crippen LogP contribution in [-0.2, 0) is 14.8 Å². The molecule has 0 unspecified atom stereocenters. The minimum Gasteiger partial charge on any atom is -0.481 e. The van der Waals surface area contributed by atoms with E-state index in [1.165, 1.54) is 18.2 Å². The molecule has 124 valence electrons. The number of H-pyrrole nitrogens is 1. The fourth-order valence-electron chi connectivity index (χ4n) is 2.08. The summed E-state index contributed by atoms with van der Waals surface area (Å²) in [5, 5.41) is 8.72. The van der Waals surface area contributed by atoms with E-state index >= 15 is 0 Å². The van der Waals surface area contributed by atoms with Crippen molar-refractivity contribution in [3.63, 3.8) is 0 Å². The first-order chi connectivity index (χ1) is 10.6. The number of aromatic nitrogens is 2. The molecule has 0 saturated heterocycles. The van der Waals surface area contributed by atoms with Gasteiger partial charge in [0.25, 0.3) is 5.56 Å². The lowest BCUT2D eigenvalue weighted by atomic mass is 10.0. The van der Waals surface area contributed by atoms with Crippen molar-refractivity contribution >= 4 is 27.0 Å². The molecule has 0 amide bonds. The van der Waals surface area contributed by atoms with Crippen LogP contribution in [0.15, 0.2) is 34.1 Å². The number of nitrogens with one attached hydrogen (secondary N) is 2. The first kappa shape index (κ1) is 17.1. The van der Waals surface area contributed by atoms with Crippen molar-refractivity contribution in [3.05, 3.63) is 34.7 Å². The number of fused-ring (bicyclic) bond motifs is 1. The maximum absolute atomic E-state index is 12.4. The monoisotopic (exact) mass is 339 g/mol. The van der Waals surface area contributed by atoms with Crippen molar-refractivity contribution in [1.29, 1.82) is 0 Å². The Kier molecular flexibility index (Phi) is 4.53. The summed E-state index contributed by atoms with van der Waals surface area (Å²) in [6.07, 6.45) is 1.08. The zero-order chi connectivity index (χ0) is 17.3. The molecule has 0 saturated carbocycles. The van der Waals surface area contributed by atoms with Gasteiger partial charge in [-0.3, -0.25) is 9.59 Å². The molecule has 0 aliphatic heterocycles. The van der Waals surface area contributed by atoms with Gasteiger partial charge in [-0.15, -0.1) is 0 Å². The average Bonchev–Trinajstić information content (AvgIpc) is 2.43. The molecule has 0 radical (unpaired) electrons. The number of carboxylic acids is 1. The van der Waals surface area contributed by atoms with E-state index in [1.54, 1.807) is 13.8 Å². The van der Waals surface area contributed by atoms with Crippen molar-refractivity contribution < 1.29 is 18.3 Å². The Balaban J connectivity index is 2.30. The Bertz CT molecular complexity index is 902. The summed E-state index contributed by atoms with van der Waals surface area (Å²) in [5.41, 5.74) is -0.511. The van der Waals surface area contributed by atoms with Gasteiger partial charge in [0.15, 0.2) is 0 Å². The van der Waals surface area contributed by atoms with E-state index in [4.69, 9.17) is 5.11 Å². The lowest BCUT2D eigenvalue weighted by molar-refractivity contribution is -0.137. The fraction of sp³-hybridized carbons (Fsp3) is 0.357. The predicted molar refractivity (Wildman–Crippen MR) is 83.6 cm³/mol. The molecule has 9 heteroatoms. The van der Waals surface area contributed by atoms with Gasteiger partial charge < -0.3 is 10.1 Å². The Morgan fingerprint density at radius 3 is 2.74 bits per heavy atom. The molecule has 0 atom stereocenters. The molecular formula is C14H17N3O5S. The topological polar surface area (TPSA) is 129 Å². The molecule has 0 aliphatic rings. The molecule has 2 aromatic rings. The lowest BCUT2D eigenvalue weighted by Gasteiger charge is -2.25. The van der Waals surface area contributed by atoms with E-state index in [0.29, 0.717) is 11.0 Å². The highest BCUT2D eigenvalue weighted by Crippen LogP contribution is 2.19. The number of hydrogen-bond acceptors (Lipinski definition) is 5. The molecule has 1 heterocycles. The first-order valence-electron chi connectivity index (χ1n) is 6.84. The summed E-state index contributed by atoms with van der Waals surface area (Å²) in [6.45, 7) is 3.23. The average molecular weight is 339 g/mol. The molecule has 1 aromatic heterocycles. The van der Waals surface area contributed by atoms with Crippen molar-refractivity contribution in [3.8, 4) is 0 Å². The van der Waals surface area contributed by atoms with E-state index in [2.05, 4.69) is 14.7 Å². The Hall–Kier alpha value is -2.26. The summed E-state index contributed by atoms with van der Waals surface area (Å²) < 4.78 is 27.4. The van der Waals surface area contributed by atoms with E-state index in [9.17, 15) is 18.0 Å². The van der Waals surface area contributed by atoms with E-state index in [0.717, 1.165) is 6.20 Å². The minimum absolute atomic E-state index is 0.00653. The molecule has 1 aromatic carbocycles. The third kappa shape index (κ3) is 4.36. The molecule has 23 heavy (non-hydrogen) atoms. The van der Waals surface area contributed by atoms with E-state index < -0.39 is 21.5 Å². The van der Waals surface area contributed by atoms with Crippen LogP contribution in [0.4, 0.5) is 0 Å². The molecule has 2 rings (SSSR count). The van der Waals surface area contributed by atoms with E-state index in [-0.39, 0.29) is 23.3 Å². The fourth-order valence-corrected chi connectivity index (χ4v) is 3.54. The van der Waals surface area contributed by atoms with Crippen molar-refractivity contribution in [1.82, 2.24) is 14.7 Å². The first-order valence-corrected chi connectivity index (χ1v) is 8.32. The standard InChI is InChI=1S/C14H17N3O5S/c1-14(2,6-5-13(19)20)17-23(21,22)9-3-4-10-11(7-9)15-8-12(18)16-10/h3-4,7-8,17H,5-6H2,1-2H3,(H,16,18)(H,19,20). The number of rotatable bonds is 6. The molecule has 0 spiro atoms. The SMILES string of the molecule is CC(C)(CCC(=O)O)NS(=O)(=O)c1ccc2[nH]c(=O)cnc2c1. The van der Waals surface area contributed by atoms with Crippen molar-refractivity contribution in [2.75, 3.05) is 0 Å². The second-order valence-corrected chi connectivity index (χ2v) is 7.49. The highest BCUT2D eigenvalue weighted by molar-refractivity contribution is 7.89. The highest BCUT2D eigenvalue weighted by atomic mass is 32.2. The van der Waals surface area contributed by atoms with Gasteiger partial charge in [0.1, 0.15) is 0 Å². The lowest BCUT2D eigenvalue weighted by Crippen LogP contribution is -2.43. The minimum atomic E-state index is -3.84. The second kappa shape index (κ2) is 6.09. The number of sulfonamides is 1. The van der Waals surface area contributed by atoms with Crippen LogP contribution >= 0.6 is 0 Å². The van der Waals surface area contributed by atoms with Gasteiger partial charge >= 0.3 is 5.97 Å². The van der Waals surface area contributed by atoms with Crippen LogP contribution in [0.25, 0.3) is 11.0 Å². The summed E-state index contributed by atoms with van der Waals surface area (Å²) in [4.78, 5) is 28.3. The number of aromatic amines is 1. The van der Waals surface area contributed by atoms with Gasteiger partial charge in [-0.2, -0.15) is 0 Å². The van der Waals surface area contributed by atoms with Gasteiger partial charge in [0.2, 0.25) is 10.0 Å². The highest BCUT2D eigenvalue weighted by Gasteiger charge is 2.27. The van der Waals surface area contributed by atoms with Crippen LogP contribution in [0.1, 0.15) is 26.7 Å². The number of benzene rings is 1. The second-order valence-electron chi connectivity index (χ2n) is 5.81. The number of hydrogen-bond donors (Lipinski definition) is 3. The third-order valence-corrected chi connectivity index (χ3v) is 4.93. The van der Waals surface area contributed by atoms with Crippen LogP contribution in [0.3, 0.4) is 0 Å². The van der Waals surface area contributed by atoms with Crippen LogP contribution in [0.5, 0.6) is 0 Å². The van der Waals surface area contributed by atoms with Crippen LogP contribution in [0, 0.1) is 0 Å². The quantitative estimate of drug-likeness (QED) is 0.715. The zero-order valence-corrected chi connectivity index (χ0v) is 13.5. The molecule has 8 nitrogen and oxygen atoms in total. The summed E-state index contributed by atoms with van der Waals surface area (Å²) in [6, 6.07) is 4.17. The summed E-state index contributed by atoms with van der Waals surface area (Å²) >= 11 is 0. The van der Waals surface area contributed by atoms with Crippen LogP contribution in [0.2, 0.25) is 0 Å². The van der Waals surface area contributed by atoms with Gasteiger partial charge in [-0.1, -0.05) is 0 Å². The normalized spacial score (nSPS) is 12.4. The van der Waals surface area contributed by atoms with Crippen LogP contribution in [-0.4, -0.2) is 35.0 Å². The van der Waals surface area contributed by atoms with Crippen LogP contribution < -0.4 is 10.3 Å². The maximum atomic E-state index is 12.4. The Morgan fingerprint density at radius 1 is 1.39 bits per heavy atom. The largest absolute Gasteiger partial charge is 0.481 e. The molecular weight excluding hydrogens is 322 g/mol. The molecule has 3 N–H and O–H groups in total. The van der Waals surface area contributed by atoms with Crippen molar-refractivity contribution in [2.24, 2.45) is 0 Å². The van der Waals surface area contributed by atoms with Gasteiger partial charge in [-0.25, -0.2) is 18.1 Å². The number of nitrogens with zero attached hydrogens (tertiary/aromatic N) is 1. The predicted octanol–water partition coefficient (Wildman–Crippen LogP) is 0.845. The summed E-state index contributed by atoms with van der Waals surface area (Å²) in [7, 11) is -3.84. The smallest absolute Gasteiger partial charge is 0.303 e. The molecule has 0 bridgehead atoms. The third-order valence-electron chi connectivity index (χ3n) is 3.23. The van der Waals surface area contributed by atoms with Gasteiger partial charge in [-0.05, 0) is 38.5 Å². The number of carbonyl (C=O) groups is 1. The van der Waals surface area contributed by atoms with Crippen molar-refractivity contribution in [2.45, 2.75) is 37.1 Å². The van der Waals surface area contributed by atoms with E-state index in [1.807, 2.05) is 0 Å². The molecule has 0 fully saturated rings. The number of carboxylic acid groups (broad SMARTS) is 1. The van der Waals surface area contributed by atoms with Gasteiger partial charge in [0.05, 0.1) is 22.1 Å². The number of aliphatic carboxylic acids is 1.